The van der Waals surface area contributed by atoms with E-state index in [4.69, 9.17) is 10.5 Å². The molecule has 0 atom stereocenters. The van der Waals surface area contributed by atoms with Gasteiger partial charge >= 0.3 is 0 Å². The molecule has 0 radical (unpaired) electrons. The lowest BCUT2D eigenvalue weighted by atomic mass is 10.2. The molecular weight excluding hydrogens is 320 g/mol. The van der Waals surface area contributed by atoms with Crippen LogP contribution >= 0.6 is 0 Å². The first kappa shape index (κ1) is 17.0. The Morgan fingerprint density at radius 3 is 2.48 bits per heavy atom. The average molecular weight is 342 g/mol. The summed E-state index contributed by atoms with van der Waals surface area (Å²) in [6.45, 7) is 4.00. The van der Waals surface area contributed by atoms with Crippen LogP contribution < -0.4 is 20.7 Å². The molecule has 3 rings (SSSR count). The zero-order valence-electron chi connectivity index (χ0n) is 14.4. The quantitative estimate of drug-likeness (QED) is 0.839. The number of amides is 1. The molecule has 0 bridgehead atoms. The molecule has 1 fully saturated rings. The van der Waals surface area contributed by atoms with Gasteiger partial charge in [0.25, 0.3) is 5.91 Å². The van der Waals surface area contributed by atoms with E-state index in [0.717, 1.165) is 43.3 Å². The first-order valence-electron chi connectivity index (χ1n) is 8.07. The molecule has 2 aromatic rings. The van der Waals surface area contributed by atoms with Crippen molar-refractivity contribution >= 4 is 23.2 Å². The number of benzene rings is 1. The minimum atomic E-state index is -0.551. The van der Waals surface area contributed by atoms with Gasteiger partial charge in [0.1, 0.15) is 5.75 Å². The Balaban J connectivity index is 1.75. The maximum absolute atomic E-state index is 11.1. The highest BCUT2D eigenvalue weighted by Gasteiger charge is 2.18. The highest BCUT2D eigenvalue weighted by Crippen LogP contribution is 2.32. The van der Waals surface area contributed by atoms with Gasteiger partial charge in [-0.3, -0.25) is 4.79 Å². The van der Waals surface area contributed by atoms with Crippen LogP contribution in [0.2, 0.25) is 0 Å². The topological polar surface area (TPSA) is 96.6 Å². The minimum Gasteiger partial charge on any atom is -0.495 e. The fraction of sp³-hybridized carbons (Fsp3) is 0.353. The molecule has 0 aliphatic carbocycles. The van der Waals surface area contributed by atoms with Gasteiger partial charge < -0.3 is 25.6 Å². The van der Waals surface area contributed by atoms with Crippen LogP contribution in [-0.4, -0.2) is 61.1 Å². The third-order valence-electron chi connectivity index (χ3n) is 4.22. The van der Waals surface area contributed by atoms with Gasteiger partial charge in [0.2, 0.25) is 5.95 Å². The maximum atomic E-state index is 11.1. The van der Waals surface area contributed by atoms with E-state index in [1.807, 2.05) is 18.2 Å². The average Bonchev–Trinajstić information content (AvgIpc) is 2.63. The molecule has 2 heterocycles. The minimum absolute atomic E-state index is 0.272. The van der Waals surface area contributed by atoms with Crippen LogP contribution in [0.1, 0.15) is 10.4 Å². The summed E-state index contributed by atoms with van der Waals surface area (Å²) in [5.74, 6) is 0.632. The Hall–Kier alpha value is -2.87. The van der Waals surface area contributed by atoms with Crippen LogP contribution in [0.15, 0.2) is 30.6 Å². The molecule has 1 aromatic heterocycles. The second-order valence-corrected chi connectivity index (χ2v) is 5.96. The first-order valence-corrected chi connectivity index (χ1v) is 8.07. The van der Waals surface area contributed by atoms with Gasteiger partial charge in [0.05, 0.1) is 18.4 Å². The van der Waals surface area contributed by atoms with Gasteiger partial charge in [-0.25, -0.2) is 9.97 Å². The molecule has 1 saturated heterocycles. The monoisotopic (exact) mass is 342 g/mol. The van der Waals surface area contributed by atoms with E-state index in [1.54, 1.807) is 7.11 Å². The van der Waals surface area contributed by atoms with Crippen molar-refractivity contribution in [2.75, 3.05) is 50.6 Å². The molecule has 3 N–H and O–H groups in total. The molecule has 1 aliphatic heterocycles. The van der Waals surface area contributed by atoms with Crippen LogP contribution in [0.5, 0.6) is 5.75 Å². The highest BCUT2D eigenvalue weighted by molar-refractivity contribution is 5.92. The predicted molar refractivity (Wildman–Crippen MR) is 96.5 cm³/mol. The Morgan fingerprint density at radius 1 is 1.20 bits per heavy atom. The molecule has 8 heteroatoms. The fourth-order valence-corrected chi connectivity index (χ4v) is 2.71. The van der Waals surface area contributed by atoms with Crippen molar-refractivity contribution in [3.05, 3.63) is 36.2 Å². The summed E-state index contributed by atoms with van der Waals surface area (Å²) in [7, 11) is 3.79. The Labute approximate surface area is 146 Å². The number of nitrogens with one attached hydrogen (secondary N) is 1. The third-order valence-corrected chi connectivity index (χ3v) is 4.22. The van der Waals surface area contributed by atoms with Crippen LogP contribution in [0.25, 0.3) is 0 Å². The van der Waals surface area contributed by atoms with E-state index in [2.05, 4.69) is 32.1 Å². The third kappa shape index (κ3) is 3.97. The summed E-state index contributed by atoms with van der Waals surface area (Å²) in [5, 5.41) is 3.10. The molecule has 1 aliphatic rings. The molecule has 0 saturated carbocycles. The van der Waals surface area contributed by atoms with E-state index >= 15 is 0 Å². The molecule has 1 aromatic carbocycles. The van der Waals surface area contributed by atoms with Gasteiger partial charge in [0, 0.05) is 50.3 Å². The lowest BCUT2D eigenvalue weighted by molar-refractivity contribution is 0.0999. The summed E-state index contributed by atoms with van der Waals surface area (Å²) in [6, 6.07) is 5.91. The summed E-state index contributed by atoms with van der Waals surface area (Å²) >= 11 is 0. The number of likely N-dealkylation sites (N-methyl/N-ethyl adjacent to an activating group) is 1. The Morgan fingerprint density at radius 2 is 1.88 bits per heavy atom. The van der Waals surface area contributed by atoms with Crippen LogP contribution in [0.3, 0.4) is 0 Å². The highest BCUT2D eigenvalue weighted by atomic mass is 16.5. The number of ether oxygens (including phenoxy) is 1. The molecular formula is C17H22N6O2. The van der Waals surface area contributed by atoms with E-state index in [0.29, 0.717) is 5.95 Å². The summed E-state index contributed by atoms with van der Waals surface area (Å²) in [6.07, 6.45) is 2.79. The number of aromatic nitrogens is 2. The molecule has 25 heavy (non-hydrogen) atoms. The number of nitrogens with two attached hydrogens (primary N) is 1. The van der Waals surface area contributed by atoms with Crippen LogP contribution in [0, 0.1) is 0 Å². The smallest absolute Gasteiger partial charge is 0.251 e. The van der Waals surface area contributed by atoms with Gasteiger partial charge in [-0.2, -0.15) is 0 Å². The first-order chi connectivity index (χ1) is 12.1. The molecule has 1 amide bonds. The van der Waals surface area contributed by atoms with Gasteiger partial charge in [-0.15, -0.1) is 0 Å². The second-order valence-electron chi connectivity index (χ2n) is 5.96. The van der Waals surface area contributed by atoms with Crippen molar-refractivity contribution in [3.63, 3.8) is 0 Å². The lowest BCUT2D eigenvalue weighted by Gasteiger charge is -2.34. The van der Waals surface area contributed by atoms with Crippen molar-refractivity contribution in [3.8, 4) is 5.75 Å². The Bertz CT molecular complexity index is 741. The van der Waals surface area contributed by atoms with E-state index in [-0.39, 0.29) is 5.56 Å². The van der Waals surface area contributed by atoms with Gasteiger partial charge in [-0.05, 0) is 19.2 Å². The van der Waals surface area contributed by atoms with E-state index < -0.39 is 5.91 Å². The van der Waals surface area contributed by atoms with Crippen molar-refractivity contribution < 1.29 is 9.53 Å². The van der Waals surface area contributed by atoms with Crippen molar-refractivity contribution in [2.45, 2.75) is 0 Å². The number of anilines is 3. The number of primary amides is 1. The molecule has 0 unspecified atom stereocenters. The number of carbonyl (C=O) groups excluding carboxylic acids is 1. The number of rotatable bonds is 5. The number of nitrogens with zero attached hydrogens (tertiary/aromatic N) is 4. The summed E-state index contributed by atoms with van der Waals surface area (Å²) < 4.78 is 5.56. The molecule has 8 nitrogen and oxygen atoms in total. The number of methoxy groups -OCH3 is 1. The standard InChI is InChI=1S/C17H22N6O2/c1-22-5-7-23(8-6-22)14-4-3-13(9-15(14)25-2)21-17-19-10-12(11-20-17)16(18)24/h3-4,9-11H,5-8H2,1-2H3,(H2,18,24)(H,19,20,21). The van der Waals surface area contributed by atoms with Crippen LogP contribution in [-0.2, 0) is 0 Å². The normalized spacial score (nSPS) is 15.0. The number of piperazine rings is 1. The SMILES string of the molecule is COc1cc(Nc2ncc(C(N)=O)cn2)ccc1N1CCN(C)CC1. The number of hydrogen-bond acceptors (Lipinski definition) is 7. The fourth-order valence-electron chi connectivity index (χ4n) is 2.71. The maximum Gasteiger partial charge on any atom is 0.251 e. The zero-order valence-corrected chi connectivity index (χ0v) is 14.4. The van der Waals surface area contributed by atoms with Gasteiger partial charge in [0.15, 0.2) is 0 Å². The second kappa shape index (κ2) is 7.35. The van der Waals surface area contributed by atoms with Crippen LogP contribution in [0.4, 0.5) is 17.3 Å². The predicted octanol–water partition coefficient (Wildman–Crippen LogP) is 1.08. The van der Waals surface area contributed by atoms with Crippen molar-refractivity contribution in [1.29, 1.82) is 0 Å². The van der Waals surface area contributed by atoms with E-state index in [1.165, 1.54) is 12.4 Å². The summed E-state index contributed by atoms with van der Waals surface area (Å²) in [4.78, 5) is 23.9. The van der Waals surface area contributed by atoms with Crippen molar-refractivity contribution in [1.82, 2.24) is 14.9 Å². The summed E-state index contributed by atoms with van der Waals surface area (Å²) in [5.41, 5.74) is 7.34. The lowest BCUT2D eigenvalue weighted by Crippen LogP contribution is -2.44. The van der Waals surface area contributed by atoms with Crippen molar-refractivity contribution in [2.24, 2.45) is 5.73 Å². The Kier molecular flexibility index (Phi) is 4.99. The number of carbonyl (C=O) groups is 1. The number of hydrogen-bond donors (Lipinski definition) is 2. The molecule has 0 spiro atoms. The van der Waals surface area contributed by atoms with Gasteiger partial charge in [-0.1, -0.05) is 0 Å². The van der Waals surface area contributed by atoms with E-state index in [9.17, 15) is 4.79 Å². The zero-order chi connectivity index (χ0) is 17.8. The largest absolute Gasteiger partial charge is 0.495 e. The molecule has 132 valence electrons.